The molecule has 0 heterocycles. The molecule has 0 saturated carbocycles. The fourth-order valence-electron chi connectivity index (χ4n) is 4.16. The Hall–Kier alpha value is -3.91. The molecule has 0 spiro atoms. The fourth-order valence-corrected chi connectivity index (χ4v) is 4.16. The van der Waals surface area contributed by atoms with Crippen LogP contribution in [0.25, 0.3) is 22.3 Å². The second-order valence-corrected chi connectivity index (χ2v) is 7.52. The summed E-state index contributed by atoms with van der Waals surface area (Å²) in [4.78, 5) is 9.25. The number of hydrogen-bond acceptors (Lipinski definition) is 1. The van der Waals surface area contributed by atoms with E-state index in [0.717, 1.165) is 18.9 Å². The van der Waals surface area contributed by atoms with Gasteiger partial charge in [-0.3, -0.25) is 0 Å². The van der Waals surface area contributed by atoms with Gasteiger partial charge in [0.15, 0.2) is 0 Å². The topological polar surface area (TPSA) is 37.3 Å². The minimum Gasteiger partial charge on any atom is -0.478 e. The second-order valence-electron chi connectivity index (χ2n) is 7.52. The third-order valence-electron chi connectivity index (χ3n) is 5.59. The summed E-state index contributed by atoms with van der Waals surface area (Å²) >= 11 is 0. The Bertz CT molecular complexity index is 1060. The normalized spacial score (nSPS) is 11.4. The lowest BCUT2D eigenvalue weighted by molar-refractivity contribution is -0.131. The van der Waals surface area contributed by atoms with Crippen LogP contribution in [0.5, 0.6) is 0 Å². The van der Waals surface area contributed by atoms with E-state index in [1.54, 1.807) is 0 Å². The summed E-state index contributed by atoms with van der Waals surface area (Å²) in [5, 5.41) is 7.60. The van der Waals surface area contributed by atoms with Gasteiger partial charge in [0.1, 0.15) is 0 Å². The zero-order valence-electron chi connectivity index (χ0n) is 17.3. The Morgan fingerprint density at radius 2 is 0.806 bits per heavy atom. The standard InChI is InChI=1S/2C13H10.C3H4O2/c2*1-3-7-12-10(5-1)9-11-6-2-4-8-13(11)12;1-2-3(4)5/h2*1-8H,9H2;2H,1H2,(H,4,5). The molecule has 0 amide bonds. The molecule has 4 aromatic rings. The lowest BCUT2D eigenvalue weighted by Crippen LogP contribution is -1.82. The first-order valence-electron chi connectivity index (χ1n) is 10.3. The van der Waals surface area contributed by atoms with Crippen LogP contribution < -0.4 is 0 Å². The van der Waals surface area contributed by atoms with Crippen molar-refractivity contribution in [2.75, 3.05) is 0 Å². The van der Waals surface area contributed by atoms with Crippen molar-refractivity contribution < 1.29 is 9.90 Å². The molecular formula is C29H24O2. The zero-order valence-corrected chi connectivity index (χ0v) is 17.3. The summed E-state index contributed by atoms with van der Waals surface area (Å²) in [5.41, 5.74) is 11.5. The van der Waals surface area contributed by atoms with Crippen molar-refractivity contribution in [3.8, 4) is 22.3 Å². The van der Waals surface area contributed by atoms with Crippen LogP contribution in [-0.4, -0.2) is 11.1 Å². The highest BCUT2D eigenvalue weighted by Gasteiger charge is 2.16. The number of carboxylic acids is 1. The van der Waals surface area contributed by atoms with Crippen LogP contribution in [0.3, 0.4) is 0 Å². The van der Waals surface area contributed by atoms with E-state index in [9.17, 15) is 4.79 Å². The van der Waals surface area contributed by atoms with Crippen molar-refractivity contribution in [1.29, 1.82) is 0 Å². The molecule has 0 bridgehead atoms. The van der Waals surface area contributed by atoms with Gasteiger partial charge in [0, 0.05) is 6.08 Å². The Kier molecular flexibility index (Phi) is 6.09. The summed E-state index contributed by atoms with van der Waals surface area (Å²) in [6.45, 7) is 2.96. The molecule has 0 atom stereocenters. The van der Waals surface area contributed by atoms with E-state index in [1.807, 2.05) is 0 Å². The average Bonchev–Trinajstić information content (AvgIpc) is 3.38. The van der Waals surface area contributed by atoms with Crippen molar-refractivity contribution >= 4 is 5.97 Å². The molecule has 6 rings (SSSR count). The molecule has 31 heavy (non-hydrogen) atoms. The lowest BCUT2D eigenvalue weighted by atomic mass is 10.1. The van der Waals surface area contributed by atoms with Crippen LogP contribution in [0.1, 0.15) is 22.3 Å². The third-order valence-corrected chi connectivity index (χ3v) is 5.59. The molecule has 0 saturated heterocycles. The number of benzene rings is 4. The Morgan fingerprint density at radius 3 is 1.03 bits per heavy atom. The number of rotatable bonds is 1. The van der Waals surface area contributed by atoms with E-state index in [2.05, 4.69) is 104 Å². The predicted octanol–water partition coefficient (Wildman–Crippen LogP) is 6.77. The first-order valence-corrected chi connectivity index (χ1v) is 10.3. The van der Waals surface area contributed by atoms with E-state index in [0.29, 0.717) is 0 Å². The molecule has 0 radical (unpaired) electrons. The fraction of sp³-hybridized carbons (Fsp3) is 0.0690. The van der Waals surface area contributed by atoms with E-state index in [4.69, 9.17) is 5.11 Å². The molecule has 2 nitrogen and oxygen atoms in total. The van der Waals surface area contributed by atoms with E-state index < -0.39 is 5.97 Å². The largest absolute Gasteiger partial charge is 0.478 e. The molecule has 0 fully saturated rings. The number of carboxylic acid groups (broad SMARTS) is 1. The first-order chi connectivity index (χ1) is 15.2. The van der Waals surface area contributed by atoms with Crippen LogP contribution in [-0.2, 0) is 17.6 Å². The predicted molar refractivity (Wildman–Crippen MR) is 127 cm³/mol. The number of aliphatic carboxylic acids is 1. The molecule has 2 heteroatoms. The molecule has 152 valence electrons. The number of hydrogen-bond donors (Lipinski definition) is 1. The molecule has 2 aliphatic rings. The van der Waals surface area contributed by atoms with Crippen LogP contribution in [0.4, 0.5) is 0 Å². The van der Waals surface area contributed by atoms with Crippen molar-refractivity contribution in [3.63, 3.8) is 0 Å². The van der Waals surface area contributed by atoms with Gasteiger partial charge in [0.2, 0.25) is 0 Å². The Morgan fingerprint density at radius 1 is 0.581 bits per heavy atom. The quantitative estimate of drug-likeness (QED) is 0.307. The average molecular weight is 405 g/mol. The van der Waals surface area contributed by atoms with Gasteiger partial charge in [-0.2, -0.15) is 0 Å². The van der Waals surface area contributed by atoms with Gasteiger partial charge in [-0.15, -0.1) is 0 Å². The third kappa shape index (κ3) is 4.49. The van der Waals surface area contributed by atoms with Crippen molar-refractivity contribution in [3.05, 3.63) is 132 Å². The van der Waals surface area contributed by atoms with Crippen molar-refractivity contribution in [2.24, 2.45) is 0 Å². The first kappa shape index (κ1) is 20.4. The van der Waals surface area contributed by atoms with Crippen molar-refractivity contribution in [1.82, 2.24) is 0 Å². The van der Waals surface area contributed by atoms with E-state index in [1.165, 1.54) is 44.5 Å². The minimum atomic E-state index is -0.981. The molecule has 0 unspecified atom stereocenters. The Labute approximate surface area is 183 Å². The molecule has 1 N–H and O–H groups in total. The summed E-state index contributed by atoms with van der Waals surface area (Å²) in [6, 6.07) is 34.6. The molecule has 4 aromatic carbocycles. The number of fused-ring (bicyclic) bond motifs is 6. The highest BCUT2D eigenvalue weighted by molar-refractivity contribution is 5.79. The van der Waals surface area contributed by atoms with Crippen LogP contribution >= 0.6 is 0 Å². The summed E-state index contributed by atoms with van der Waals surface area (Å²) in [7, 11) is 0. The SMILES string of the molecule is C=CC(=O)O.c1ccc2c(c1)Cc1ccccc1-2.c1ccc2c(c1)Cc1ccccc1-2. The summed E-state index contributed by atoms with van der Waals surface area (Å²) < 4.78 is 0. The van der Waals surface area contributed by atoms with Gasteiger partial charge < -0.3 is 5.11 Å². The summed E-state index contributed by atoms with van der Waals surface area (Å²) in [6.07, 6.45) is 3.04. The minimum absolute atomic E-state index is 0.833. The van der Waals surface area contributed by atoms with Gasteiger partial charge in [-0.25, -0.2) is 4.79 Å². The molecular weight excluding hydrogens is 380 g/mol. The highest BCUT2D eigenvalue weighted by Crippen LogP contribution is 2.36. The smallest absolute Gasteiger partial charge is 0.327 e. The zero-order chi connectivity index (χ0) is 21.6. The summed E-state index contributed by atoms with van der Waals surface area (Å²) in [5.74, 6) is -0.981. The molecule has 0 aliphatic heterocycles. The van der Waals surface area contributed by atoms with Crippen molar-refractivity contribution in [2.45, 2.75) is 12.8 Å². The molecule has 0 aromatic heterocycles. The van der Waals surface area contributed by atoms with Crippen LogP contribution in [0, 0.1) is 0 Å². The highest BCUT2D eigenvalue weighted by atomic mass is 16.4. The van der Waals surface area contributed by atoms with E-state index in [-0.39, 0.29) is 0 Å². The second kappa shape index (κ2) is 9.27. The van der Waals surface area contributed by atoms with Crippen LogP contribution in [0.2, 0.25) is 0 Å². The maximum Gasteiger partial charge on any atom is 0.327 e. The van der Waals surface area contributed by atoms with Gasteiger partial charge in [0.25, 0.3) is 0 Å². The van der Waals surface area contributed by atoms with E-state index >= 15 is 0 Å². The lowest BCUT2D eigenvalue weighted by Gasteiger charge is -1.98. The van der Waals surface area contributed by atoms with Gasteiger partial charge in [-0.05, 0) is 57.3 Å². The molecule has 2 aliphatic carbocycles. The van der Waals surface area contributed by atoms with Crippen LogP contribution in [0.15, 0.2) is 110 Å². The number of carbonyl (C=O) groups is 1. The van der Waals surface area contributed by atoms with Gasteiger partial charge >= 0.3 is 5.97 Å². The monoisotopic (exact) mass is 404 g/mol. The Balaban J connectivity index is 0.000000124. The maximum atomic E-state index is 9.25. The maximum absolute atomic E-state index is 9.25. The van der Waals surface area contributed by atoms with Gasteiger partial charge in [-0.1, -0.05) is 104 Å². The van der Waals surface area contributed by atoms with Gasteiger partial charge in [0.05, 0.1) is 0 Å².